The summed E-state index contributed by atoms with van der Waals surface area (Å²) in [7, 11) is 0. The van der Waals surface area contributed by atoms with Crippen molar-refractivity contribution in [3.8, 4) is 5.75 Å². The lowest BCUT2D eigenvalue weighted by atomic mass is 9.96. The SMILES string of the molecule is CC(C)Oc1ccc([C@@H]2[C@@H](c3ccccn3)N=C3S[C@H](C)CN32)cc1Cl. The van der Waals surface area contributed by atoms with Crippen LogP contribution in [0.15, 0.2) is 47.6 Å². The minimum Gasteiger partial charge on any atom is -0.489 e. The smallest absolute Gasteiger partial charge is 0.160 e. The molecule has 0 saturated carbocycles. The maximum Gasteiger partial charge on any atom is 0.160 e. The van der Waals surface area contributed by atoms with Gasteiger partial charge in [-0.2, -0.15) is 0 Å². The number of amidine groups is 1. The minimum absolute atomic E-state index is 0.0147. The highest BCUT2D eigenvalue weighted by molar-refractivity contribution is 8.14. The van der Waals surface area contributed by atoms with Crippen LogP contribution in [0, 0.1) is 0 Å². The van der Waals surface area contributed by atoms with E-state index in [2.05, 4.69) is 28.9 Å². The monoisotopic (exact) mass is 387 g/mol. The lowest BCUT2D eigenvalue weighted by molar-refractivity contribution is 0.242. The molecular weight excluding hydrogens is 366 g/mol. The summed E-state index contributed by atoms with van der Waals surface area (Å²) in [4.78, 5) is 12.0. The average Bonchev–Trinajstić information content (AvgIpc) is 3.13. The molecule has 0 unspecified atom stereocenters. The number of nitrogens with zero attached hydrogens (tertiary/aromatic N) is 3. The molecule has 2 aliphatic heterocycles. The Bertz CT molecular complexity index is 827. The van der Waals surface area contributed by atoms with Gasteiger partial charge in [0, 0.05) is 18.0 Å². The van der Waals surface area contributed by atoms with Crippen molar-refractivity contribution in [2.45, 2.75) is 44.2 Å². The Morgan fingerprint density at radius 3 is 2.81 bits per heavy atom. The highest BCUT2D eigenvalue weighted by Gasteiger charge is 2.43. The van der Waals surface area contributed by atoms with Crippen LogP contribution in [0.1, 0.15) is 44.1 Å². The van der Waals surface area contributed by atoms with Gasteiger partial charge in [0.05, 0.1) is 22.9 Å². The molecule has 0 spiro atoms. The summed E-state index contributed by atoms with van der Waals surface area (Å²) < 4.78 is 5.79. The molecule has 2 aliphatic rings. The molecule has 3 atom stereocenters. The fraction of sp³-hybridized carbons (Fsp3) is 0.400. The number of benzene rings is 1. The molecule has 4 rings (SSSR count). The van der Waals surface area contributed by atoms with E-state index in [1.165, 1.54) is 0 Å². The van der Waals surface area contributed by atoms with E-state index in [1.807, 2.05) is 56.1 Å². The Hall–Kier alpha value is -1.72. The van der Waals surface area contributed by atoms with E-state index in [9.17, 15) is 0 Å². The molecule has 0 aliphatic carbocycles. The van der Waals surface area contributed by atoms with Crippen LogP contribution in [0.3, 0.4) is 0 Å². The second-order valence-electron chi connectivity index (χ2n) is 6.99. The maximum atomic E-state index is 6.52. The van der Waals surface area contributed by atoms with E-state index in [0.29, 0.717) is 10.3 Å². The van der Waals surface area contributed by atoms with Gasteiger partial charge in [-0.05, 0) is 43.7 Å². The normalized spacial score (nSPS) is 24.7. The molecular formula is C20H22ClN3OS. The van der Waals surface area contributed by atoms with Crippen LogP contribution in [0.5, 0.6) is 5.75 Å². The van der Waals surface area contributed by atoms with Crippen LogP contribution >= 0.6 is 23.4 Å². The second kappa shape index (κ2) is 7.12. The van der Waals surface area contributed by atoms with Crippen molar-refractivity contribution in [3.05, 3.63) is 58.9 Å². The fourth-order valence-electron chi connectivity index (χ4n) is 3.53. The number of hydrogen-bond acceptors (Lipinski definition) is 5. The molecule has 1 aromatic carbocycles. The number of halogens is 1. The van der Waals surface area contributed by atoms with Gasteiger partial charge in [0.2, 0.25) is 0 Å². The van der Waals surface area contributed by atoms with Crippen LogP contribution < -0.4 is 4.74 Å². The molecule has 2 aromatic rings. The van der Waals surface area contributed by atoms with Crippen molar-refractivity contribution in [2.24, 2.45) is 4.99 Å². The predicted octanol–water partition coefficient (Wildman–Crippen LogP) is 5.11. The third-order valence-electron chi connectivity index (χ3n) is 4.54. The number of rotatable bonds is 4. The lowest BCUT2D eigenvalue weighted by Crippen LogP contribution is -2.28. The van der Waals surface area contributed by atoms with Crippen LogP contribution in [0.4, 0.5) is 0 Å². The molecule has 136 valence electrons. The zero-order valence-electron chi connectivity index (χ0n) is 15.1. The number of hydrogen-bond donors (Lipinski definition) is 0. The maximum absolute atomic E-state index is 6.52. The first-order chi connectivity index (χ1) is 12.5. The van der Waals surface area contributed by atoms with Gasteiger partial charge in [-0.25, -0.2) is 0 Å². The third-order valence-corrected chi connectivity index (χ3v) is 5.94. The van der Waals surface area contributed by atoms with Crippen LogP contribution in [-0.4, -0.2) is 33.0 Å². The van der Waals surface area contributed by atoms with Gasteiger partial charge in [0.25, 0.3) is 0 Å². The van der Waals surface area contributed by atoms with E-state index < -0.39 is 0 Å². The van der Waals surface area contributed by atoms with E-state index in [-0.39, 0.29) is 18.2 Å². The van der Waals surface area contributed by atoms with Crippen molar-refractivity contribution in [2.75, 3.05) is 6.54 Å². The number of fused-ring (bicyclic) bond motifs is 1. The summed E-state index contributed by atoms with van der Waals surface area (Å²) >= 11 is 8.35. The molecule has 0 radical (unpaired) electrons. The number of ether oxygens (including phenoxy) is 1. The molecule has 4 nitrogen and oxygen atoms in total. The summed E-state index contributed by atoms with van der Waals surface area (Å²) in [5, 5.41) is 2.29. The van der Waals surface area contributed by atoms with Gasteiger partial charge in [0.15, 0.2) is 5.17 Å². The molecule has 6 heteroatoms. The zero-order chi connectivity index (χ0) is 18.3. The summed E-state index contributed by atoms with van der Waals surface area (Å²) in [6.45, 7) is 7.23. The Morgan fingerprint density at radius 2 is 2.12 bits per heavy atom. The second-order valence-corrected chi connectivity index (χ2v) is 8.81. The Labute approximate surface area is 163 Å². The molecule has 3 heterocycles. The lowest BCUT2D eigenvalue weighted by Gasteiger charge is -2.27. The standard InChI is InChI=1S/C20H22ClN3OS/c1-12(2)25-17-8-7-14(10-15(17)21)19-18(16-6-4-5-9-22-16)23-20-24(19)11-13(3)26-20/h4-10,12-13,18-19H,11H2,1-3H3/t13-,18-,19-/m1/s1. The van der Waals surface area contributed by atoms with Crippen molar-refractivity contribution >= 4 is 28.5 Å². The van der Waals surface area contributed by atoms with Crippen LogP contribution in [0.25, 0.3) is 0 Å². The van der Waals surface area contributed by atoms with Crippen molar-refractivity contribution in [3.63, 3.8) is 0 Å². The first-order valence-corrected chi connectivity index (χ1v) is 10.2. The number of aromatic nitrogens is 1. The predicted molar refractivity (Wildman–Crippen MR) is 108 cm³/mol. The van der Waals surface area contributed by atoms with Gasteiger partial charge in [-0.3, -0.25) is 9.98 Å². The van der Waals surface area contributed by atoms with Crippen molar-refractivity contribution < 1.29 is 4.74 Å². The quantitative estimate of drug-likeness (QED) is 0.730. The van der Waals surface area contributed by atoms with E-state index in [1.54, 1.807) is 0 Å². The largest absolute Gasteiger partial charge is 0.489 e. The highest BCUT2D eigenvalue weighted by Crippen LogP contribution is 2.48. The first-order valence-electron chi connectivity index (χ1n) is 8.91. The molecule has 1 saturated heterocycles. The fourth-order valence-corrected chi connectivity index (χ4v) is 4.86. The van der Waals surface area contributed by atoms with Gasteiger partial charge in [-0.1, -0.05) is 42.4 Å². The van der Waals surface area contributed by atoms with Crippen molar-refractivity contribution in [1.82, 2.24) is 9.88 Å². The van der Waals surface area contributed by atoms with Crippen LogP contribution in [0.2, 0.25) is 5.02 Å². The van der Waals surface area contributed by atoms with E-state index in [4.69, 9.17) is 21.3 Å². The molecule has 26 heavy (non-hydrogen) atoms. The molecule has 0 bridgehead atoms. The third kappa shape index (κ3) is 3.30. The van der Waals surface area contributed by atoms with E-state index >= 15 is 0 Å². The first kappa shape index (κ1) is 17.7. The minimum atomic E-state index is -0.0147. The topological polar surface area (TPSA) is 37.7 Å². The number of pyridine rings is 1. The summed E-state index contributed by atoms with van der Waals surface area (Å²) in [6, 6.07) is 12.2. The molecule has 0 N–H and O–H groups in total. The summed E-state index contributed by atoms with van der Waals surface area (Å²) in [6.07, 6.45) is 1.93. The van der Waals surface area contributed by atoms with Crippen LogP contribution in [-0.2, 0) is 0 Å². The zero-order valence-corrected chi connectivity index (χ0v) is 16.7. The summed E-state index contributed by atoms with van der Waals surface area (Å²) in [5.41, 5.74) is 2.14. The van der Waals surface area contributed by atoms with E-state index in [0.717, 1.165) is 28.7 Å². The Kier molecular flexibility index (Phi) is 4.84. The Morgan fingerprint density at radius 1 is 1.27 bits per heavy atom. The highest BCUT2D eigenvalue weighted by atomic mass is 35.5. The Balaban J connectivity index is 1.71. The molecule has 1 aromatic heterocycles. The van der Waals surface area contributed by atoms with Crippen molar-refractivity contribution in [1.29, 1.82) is 0 Å². The average molecular weight is 388 g/mol. The number of thioether (sulfide) groups is 1. The van der Waals surface area contributed by atoms with Gasteiger partial charge >= 0.3 is 0 Å². The van der Waals surface area contributed by atoms with Gasteiger partial charge in [0.1, 0.15) is 11.8 Å². The van der Waals surface area contributed by atoms with Gasteiger partial charge < -0.3 is 9.64 Å². The number of aliphatic imine (C=N–C) groups is 1. The summed E-state index contributed by atoms with van der Waals surface area (Å²) in [5.74, 6) is 0.725. The molecule has 1 fully saturated rings. The molecule has 0 amide bonds. The van der Waals surface area contributed by atoms with Gasteiger partial charge in [-0.15, -0.1) is 0 Å².